The first-order chi connectivity index (χ1) is 16.8. The topological polar surface area (TPSA) is 44.8 Å². The lowest BCUT2D eigenvalue weighted by Gasteiger charge is -2.15. The number of hydrogen-bond acceptors (Lipinski definition) is 5. The predicted molar refractivity (Wildman–Crippen MR) is 128 cm³/mol. The van der Waals surface area contributed by atoms with E-state index in [9.17, 15) is 18.0 Å². The molecule has 35 heavy (non-hydrogen) atoms. The zero-order valence-corrected chi connectivity index (χ0v) is 20.0. The Kier molecular flexibility index (Phi) is 7.90. The highest BCUT2D eigenvalue weighted by Gasteiger charge is 2.30. The Morgan fingerprint density at radius 2 is 1.66 bits per heavy atom. The first-order valence-corrected chi connectivity index (χ1v) is 12.2. The van der Waals surface area contributed by atoms with Crippen molar-refractivity contribution in [3.63, 3.8) is 0 Å². The number of methoxy groups -OCH3 is 1. The molecule has 0 radical (unpaired) electrons. The molecule has 184 valence electrons. The Bertz CT molecular complexity index is 1180. The standard InChI is InChI=1S/C27H25F3O4S/c1-32-26(31)16-34-24-13-14-25(22-7-4-6-21(22)24)35-17-19-5-2-3-8-23(19)33-15-18-9-11-20(12-10-18)27(28,29)30/h2-3,5,8-14H,4,6-7,15-17H2,1H3. The highest BCUT2D eigenvalue weighted by molar-refractivity contribution is 7.98. The van der Waals surface area contributed by atoms with Crippen molar-refractivity contribution in [1.29, 1.82) is 0 Å². The monoisotopic (exact) mass is 502 g/mol. The molecule has 0 aromatic heterocycles. The van der Waals surface area contributed by atoms with Gasteiger partial charge in [0.1, 0.15) is 18.1 Å². The van der Waals surface area contributed by atoms with Gasteiger partial charge in [-0.1, -0.05) is 30.3 Å². The predicted octanol–water partition coefficient (Wildman–Crippen LogP) is 6.62. The first-order valence-electron chi connectivity index (χ1n) is 11.2. The van der Waals surface area contributed by atoms with Gasteiger partial charge in [-0.2, -0.15) is 13.2 Å². The van der Waals surface area contributed by atoms with Crippen molar-refractivity contribution in [1.82, 2.24) is 0 Å². The SMILES string of the molecule is COC(=O)COc1ccc(SCc2ccccc2OCc2ccc(C(F)(F)F)cc2)c2c1CCC2. The molecule has 4 nitrogen and oxygen atoms in total. The van der Waals surface area contributed by atoms with Gasteiger partial charge in [0, 0.05) is 16.2 Å². The van der Waals surface area contributed by atoms with Gasteiger partial charge in [-0.15, -0.1) is 11.8 Å². The van der Waals surface area contributed by atoms with Crippen LogP contribution in [-0.2, 0) is 40.9 Å². The lowest BCUT2D eigenvalue weighted by Crippen LogP contribution is -2.13. The van der Waals surface area contributed by atoms with E-state index >= 15 is 0 Å². The smallest absolute Gasteiger partial charge is 0.416 e. The van der Waals surface area contributed by atoms with E-state index in [0.29, 0.717) is 17.1 Å². The molecule has 0 saturated carbocycles. The number of halogens is 3. The summed E-state index contributed by atoms with van der Waals surface area (Å²) < 4.78 is 54.6. The van der Waals surface area contributed by atoms with Gasteiger partial charge in [0.25, 0.3) is 0 Å². The van der Waals surface area contributed by atoms with Crippen molar-refractivity contribution in [2.45, 2.75) is 42.7 Å². The molecule has 0 aliphatic heterocycles. The minimum absolute atomic E-state index is 0.112. The minimum atomic E-state index is -4.35. The summed E-state index contributed by atoms with van der Waals surface area (Å²) in [5, 5.41) is 0. The van der Waals surface area contributed by atoms with Gasteiger partial charge in [-0.05, 0) is 66.3 Å². The third kappa shape index (κ3) is 6.31. The van der Waals surface area contributed by atoms with Gasteiger partial charge in [0.05, 0.1) is 12.7 Å². The van der Waals surface area contributed by atoms with Crippen molar-refractivity contribution in [2.24, 2.45) is 0 Å². The third-order valence-electron chi connectivity index (χ3n) is 5.80. The number of rotatable bonds is 9. The van der Waals surface area contributed by atoms with Crippen LogP contribution in [0.2, 0.25) is 0 Å². The summed E-state index contributed by atoms with van der Waals surface area (Å²) in [4.78, 5) is 12.6. The molecule has 0 amide bonds. The average molecular weight is 503 g/mol. The largest absolute Gasteiger partial charge is 0.489 e. The Morgan fingerprint density at radius 3 is 2.40 bits per heavy atom. The van der Waals surface area contributed by atoms with E-state index < -0.39 is 17.7 Å². The molecule has 0 saturated heterocycles. The fourth-order valence-electron chi connectivity index (χ4n) is 3.98. The molecule has 0 heterocycles. The van der Waals surface area contributed by atoms with Crippen molar-refractivity contribution >= 4 is 17.7 Å². The molecule has 0 spiro atoms. The zero-order chi connectivity index (χ0) is 24.8. The maximum absolute atomic E-state index is 12.8. The van der Waals surface area contributed by atoms with Crippen LogP contribution < -0.4 is 9.47 Å². The summed E-state index contributed by atoms with van der Waals surface area (Å²) in [5.74, 6) is 1.70. The Balaban J connectivity index is 1.41. The second-order valence-electron chi connectivity index (χ2n) is 8.12. The number of thioether (sulfide) groups is 1. The van der Waals surface area contributed by atoms with E-state index in [4.69, 9.17) is 9.47 Å². The molecule has 3 aromatic carbocycles. The molecule has 8 heteroatoms. The van der Waals surface area contributed by atoms with Gasteiger partial charge in [0.15, 0.2) is 6.61 Å². The molecule has 1 aliphatic carbocycles. The molecular formula is C27H25F3O4S. The van der Waals surface area contributed by atoms with Crippen molar-refractivity contribution in [3.05, 3.63) is 88.5 Å². The van der Waals surface area contributed by atoms with Gasteiger partial charge in [-0.3, -0.25) is 0 Å². The van der Waals surface area contributed by atoms with Crippen LogP contribution in [-0.4, -0.2) is 19.7 Å². The lowest BCUT2D eigenvalue weighted by molar-refractivity contribution is -0.143. The summed E-state index contributed by atoms with van der Waals surface area (Å²) in [6.45, 7) is 0.0700. The summed E-state index contributed by atoms with van der Waals surface area (Å²) in [7, 11) is 1.33. The van der Waals surface area contributed by atoms with Gasteiger partial charge in [0.2, 0.25) is 0 Å². The average Bonchev–Trinajstić information content (AvgIpc) is 3.36. The second-order valence-corrected chi connectivity index (χ2v) is 9.13. The fourth-order valence-corrected chi connectivity index (χ4v) is 5.09. The summed E-state index contributed by atoms with van der Waals surface area (Å²) in [6.07, 6.45) is -1.45. The normalized spacial score (nSPS) is 12.8. The van der Waals surface area contributed by atoms with Crippen molar-refractivity contribution in [3.8, 4) is 11.5 Å². The Morgan fingerprint density at radius 1 is 0.914 bits per heavy atom. The minimum Gasteiger partial charge on any atom is -0.489 e. The van der Waals surface area contributed by atoms with Gasteiger partial charge in [-0.25, -0.2) is 4.79 Å². The second kappa shape index (κ2) is 11.1. The molecule has 0 unspecified atom stereocenters. The molecule has 1 aliphatic rings. The van der Waals surface area contributed by atoms with Crippen LogP contribution >= 0.6 is 11.8 Å². The number of para-hydroxylation sites is 1. The van der Waals surface area contributed by atoms with Gasteiger partial charge < -0.3 is 14.2 Å². The van der Waals surface area contributed by atoms with Crippen LogP contribution in [0.5, 0.6) is 11.5 Å². The molecule has 0 bridgehead atoms. The van der Waals surface area contributed by atoms with Crippen LogP contribution in [0.4, 0.5) is 13.2 Å². The number of carbonyl (C=O) groups excluding carboxylic acids is 1. The number of ether oxygens (including phenoxy) is 3. The molecule has 0 fully saturated rings. The number of fused-ring (bicyclic) bond motifs is 1. The molecule has 4 rings (SSSR count). The number of esters is 1. The lowest BCUT2D eigenvalue weighted by atomic mass is 10.1. The molecule has 0 N–H and O–H groups in total. The number of alkyl halides is 3. The highest BCUT2D eigenvalue weighted by atomic mass is 32.2. The van der Waals surface area contributed by atoms with E-state index in [0.717, 1.165) is 48.3 Å². The maximum atomic E-state index is 12.8. The third-order valence-corrected chi connectivity index (χ3v) is 6.95. The molecular weight excluding hydrogens is 477 g/mol. The van der Waals surface area contributed by atoms with E-state index in [1.165, 1.54) is 29.7 Å². The molecule has 3 aromatic rings. The van der Waals surface area contributed by atoms with Crippen molar-refractivity contribution in [2.75, 3.05) is 13.7 Å². The number of hydrogen-bond donors (Lipinski definition) is 0. The van der Waals surface area contributed by atoms with E-state index in [1.807, 2.05) is 36.4 Å². The summed E-state index contributed by atoms with van der Waals surface area (Å²) in [6, 6.07) is 16.6. The summed E-state index contributed by atoms with van der Waals surface area (Å²) in [5.41, 5.74) is 3.39. The Labute approximate surface area is 206 Å². The molecule has 0 atom stereocenters. The van der Waals surface area contributed by atoms with Crippen LogP contribution in [0, 0.1) is 0 Å². The number of benzene rings is 3. The van der Waals surface area contributed by atoms with E-state index in [-0.39, 0.29) is 13.2 Å². The number of carbonyl (C=O) groups is 1. The highest BCUT2D eigenvalue weighted by Crippen LogP contribution is 2.39. The van der Waals surface area contributed by atoms with Crippen LogP contribution in [0.15, 0.2) is 65.6 Å². The Hall–Kier alpha value is -3.13. The van der Waals surface area contributed by atoms with E-state index in [2.05, 4.69) is 4.74 Å². The van der Waals surface area contributed by atoms with Crippen LogP contribution in [0.3, 0.4) is 0 Å². The van der Waals surface area contributed by atoms with Crippen LogP contribution in [0.1, 0.15) is 34.2 Å². The van der Waals surface area contributed by atoms with Crippen LogP contribution in [0.25, 0.3) is 0 Å². The quantitative estimate of drug-likeness (QED) is 0.243. The van der Waals surface area contributed by atoms with Crippen molar-refractivity contribution < 1.29 is 32.2 Å². The maximum Gasteiger partial charge on any atom is 0.416 e. The fraction of sp³-hybridized carbons (Fsp3) is 0.296. The first kappa shape index (κ1) is 25.0. The van der Waals surface area contributed by atoms with Gasteiger partial charge >= 0.3 is 12.1 Å². The zero-order valence-electron chi connectivity index (χ0n) is 19.2. The summed E-state index contributed by atoms with van der Waals surface area (Å²) >= 11 is 1.70. The van der Waals surface area contributed by atoms with E-state index in [1.54, 1.807) is 11.8 Å².